The fourth-order valence-corrected chi connectivity index (χ4v) is 1.99. The number of halogens is 1. The van der Waals surface area contributed by atoms with E-state index in [9.17, 15) is 0 Å². The number of pyridine rings is 1. The van der Waals surface area contributed by atoms with Crippen molar-refractivity contribution in [3.05, 3.63) is 40.4 Å². The lowest BCUT2D eigenvalue weighted by Crippen LogP contribution is -1.99. The van der Waals surface area contributed by atoms with Crippen LogP contribution in [-0.2, 0) is 0 Å². The molecule has 5 nitrogen and oxygen atoms in total. The second-order valence-corrected chi connectivity index (χ2v) is 4.58. The van der Waals surface area contributed by atoms with Crippen LogP contribution in [0.5, 0.6) is 5.88 Å². The lowest BCUT2D eigenvalue weighted by atomic mass is 10.2. The van der Waals surface area contributed by atoms with Gasteiger partial charge in [0.1, 0.15) is 5.82 Å². The number of nitriles is 1. The van der Waals surface area contributed by atoms with Crippen molar-refractivity contribution < 1.29 is 4.74 Å². The maximum absolute atomic E-state index is 8.81. The molecule has 0 saturated carbocycles. The van der Waals surface area contributed by atoms with Gasteiger partial charge in [-0.25, -0.2) is 0 Å². The Balaban J connectivity index is 2.29. The first-order valence-corrected chi connectivity index (χ1v) is 6.20. The zero-order chi connectivity index (χ0) is 13.8. The smallest absolute Gasteiger partial charge is 0.238 e. The molecular weight excluding hydrogens is 308 g/mol. The Labute approximate surface area is 119 Å². The van der Waals surface area contributed by atoms with Gasteiger partial charge in [0.15, 0.2) is 0 Å². The second-order valence-electron chi connectivity index (χ2n) is 3.73. The fraction of sp³-hybridized carbons (Fsp3) is 0.0769. The number of methoxy groups -OCH3 is 1. The number of nitrogen functional groups attached to an aromatic ring is 1. The van der Waals surface area contributed by atoms with E-state index < -0.39 is 0 Å². The van der Waals surface area contributed by atoms with Crippen LogP contribution in [0.4, 0.5) is 17.2 Å². The molecule has 0 spiro atoms. The van der Waals surface area contributed by atoms with Crippen molar-refractivity contribution in [1.29, 1.82) is 5.26 Å². The lowest BCUT2D eigenvalue weighted by Gasteiger charge is -2.10. The number of nitrogens with zero attached hydrogens (tertiary/aromatic N) is 2. The molecule has 19 heavy (non-hydrogen) atoms. The zero-order valence-corrected chi connectivity index (χ0v) is 11.7. The summed E-state index contributed by atoms with van der Waals surface area (Å²) in [5.41, 5.74) is 7.57. The van der Waals surface area contributed by atoms with Gasteiger partial charge < -0.3 is 15.8 Å². The predicted molar refractivity (Wildman–Crippen MR) is 77.3 cm³/mol. The molecule has 2 rings (SSSR count). The number of benzene rings is 1. The lowest BCUT2D eigenvalue weighted by molar-refractivity contribution is 0.401. The number of aromatic nitrogens is 1. The first-order valence-electron chi connectivity index (χ1n) is 5.41. The molecule has 0 saturated heterocycles. The minimum absolute atomic E-state index is 0.370. The normalized spacial score (nSPS) is 9.74. The molecule has 0 radical (unpaired) electrons. The molecule has 3 N–H and O–H groups in total. The maximum atomic E-state index is 8.81. The molecule has 0 aliphatic rings. The van der Waals surface area contributed by atoms with Crippen LogP contribution >= 0.6 is 15.9 Å². The van der Waals surface area contributed by atoms with Crippen molar-refractivity contribution in [2.75, 3.05) is 18.2 Å². The van der Waals surface area contributed by atoms with E-state index in [4.69, 9.17) is 15.7 Å². The molecule has 1 heterocycles. The van der Waals surface area contributed by atoms with Crippen molar-refractivity contribution >= 4 is 33.1 Å². The summed E-state index contributed by atoms with van der Waals surface area (Å²) < 4.78 is 5.84. The van der Waals surface area contributed by atoms with E-state index >= 15 is 0 Å². The van der Waals surface area contributed by atoms with Gasteiger partial charge in [-0.2, -0.15) is 10.2 Å². The van der Waals surface area contributed by atoms with Gasteiger partial charge in [-0.3, -0.25) is 0 Å². The van der Waals surface area contributed by atoms with Gasteiger partial charge in [0.05, 0.1) is 30.1 Å². The summed E-state index contributed by atoms with van der Waals surface area (Å²) in [5.74, 6) is 0.978. The number of ether oxygens (including phenoxy) is 1. The Kier molecular flexibility index (Phi) is 3.88. The largest absolute Gasteiger partial charge is 0.479 e. The predicted octanol–water partition coefficient (Wildman–Crippen LogP) is 3.05. The van der Waals surface area contributed by atoms with Crippen LogP contribution in [0.3, 0.4) is 0 Å². The Hall–Kier alpha value is -2.26. The molecule has 0 atom stereocenters. The summed E-state index contributed by atoms with van der Waals surface area (Å²) in [6, 6.07) is 10.8. The van der Waals surface area contributed by atoms with Crippen molar-refractivity contribution in [2.24, 2.45) is 0 Å². The second kappa shape index (κ2) is 5.59. The van der Waals surface area contributed by atoms with Gasteiger partial charge in [-0.05, 0) is 46.3 Å². The summed E-state index contributed by atoms with van der Waals surface area (Å²) in [6.07, 6.45) is 0. The number of nitrogens with two attached hydrogens (primary N) is 1. The van der Waals surface area contributed by atoms with Crippen LogP contribution in [0.2, 0.25) is 0 Å². The van der Waals surface area contributed by atoms with Gasteiger partial charge in [-0.15, -0.1) is 0 Å². The zero-order valence-electron chi connectivity index (χ0n) is 10.1. The third-order valence-electron chi connectivity index (χ3n) is 2.44. The van der Waals surface area contributed by atoms with Crippen molar-refractivity contribution in [2.45, 2.75) is 0 Å². The summed E-state index contributed by atoms with van der Waals surface area (Å²) in [5, 5.41) is 11.9. The molecule has 1 aromatic carbocycles. The number of hydrogen-bond acceptors (Lipinski definition) is 5. The molecule has 1 aromatic heterocycles. The quantitative estimate of drug-likeness (QED) is 0.908. The summed E-state index contributed by atoms with van der Waals surface area (Å²) in [6.45, 7) is 0. The van der Waals surface area contributed by atoms with Crippen LogP contribution < -0.4 is 15.8 Å². The highest BCUT2D eigenvalue weighted by Gasteiger charge is 2.06. The van der Waals surface area contributed by atoms with E-state index in [0.717, 1.165) is 10.2 Å². The molecule has 2 aromatic rings. The molecule has 0 aliphatic carbocycles. The molecule has 0 amide bonds. The number of nitrogens with one attached hydrogen (secondary N) is 1. The molecule has 96 valence electrons. The van der Waals surface area contributed by atoms with Crippen LogP contribution in [0.15, 0.2) is 34.8 Å². The average Bonchev–Trinajstić information content (AvgIpc) is 2.43. The molecule has 0 aliphatic heterocycles. The van der Waals surface area contributed by atoms with Gasteiger partial charge in [0, 0.05) is 4.47 Å². The Morgan fingerprint density at radius 3 is 2.79 bits per heavy atom. The Bertz CT molecular complexity index is 652. The minimum Gasteiger partial charge on any atom is -0.479 e. The van der Waals surface area contributed by atoms with E-state index in [2.05, 4.69) is 32.3 Å². The highest BCUT2D eigenvalue weighted by molar-refractivity contribution is 9.10. The van der Waals surface area contributed by atoms with Gasteiger partial charge in [0.25, 0.3) is 0 Å². The van der Waals surface area contributed by atoms with Gasteiger partial charge in [-0.1, -0.05) is 0 Å². The Morgan fingerprint density at radius 1 is 1.37 bits per heavy atom. The van der Waals surface area contributed by atoms with Crippen LogP contribution in [-0.4, -0.2) is 12.1 Å². The first kappa shape index (κ1) is 13.2. The van der Waals surface area contributed by atoms with E-state index in [0.29, 0.717) is 22.9 Å². The number of rotatable bonds is 3. The number of hydrogen-bond donors (Lipinski definition) is 2. The standard InChI is InChI=1S/C13H11BrN4O/c1-19-13-10(16)3-5-12(18-13)17-11-4-2-8(7-15)6-9(11)14/h2-6H,16H2,1H3,(H,17,18). The summed E-state index contributed by atoms with van der Waals surface area (Å²) in [4.78, 5) is 4.23. The minimum atomic E-state index is 0.370. The van der Waals surface area contributed by atoms with Crippen LogP contribution in [0, 0.1) is 11.3 Å². The van der Waals surface area contributed by atoms with Crippen LogP contribution in [0.1, 0.15) is 5.56 Å². The monoisotopic (exact) mass is 318 g/mol. The number of anilines is 3. The van der Waals surface area contributed by atoms with Crippen molar-refractivity contribution in [1.82, 2.24) is 4.98 Å². The summed E-state index contributed by atoms with van der Waals surface area (Å²) >= 11 is 3.40. The van der Waals surface area contributed by atoms with Gasteiger partial charge in [0.2, 0.25) is 5.88 Å². The van der Waals surface area contributed by atoms with E-state index in [1.807, 2.05) is 0 Å². The highest BCUT2D eigenvalue weighted by Crippen LogP contribution is 2.28. The highest BCUT2D eigenvalue weighted by atomic mass is 79.9. The topological polar surface area (TPSA) is 84.0 Å². The van der Waals surface area contributed by atoms with Crippen LogP contribution in [0.25, 0.3) is 0 Å². The van der Waals surface area contributed by atoms with E-state index in [-0.39, 0.29) is 0 Å². The molecular formula is C13H11BrN4O. The third-order valence-corrected chi connectivity index (χ3v) is 3.10. The first-order chi connectivity index (χ1) is 9.13. The van der Waals surface area contributed by atoms with Crippen molar-refractivity contribution in [3.63, 3.8) is 0 Å². The fourth-order valence-electron chi connectivity index (χ4n) is 1.51. The summed E-state index contributed by atoms with van der Waals surface area (Å²) in [7, 11) is 1.51. The van der Waals surface area contributed by atoms with Gasteiger partial charge >= 0.3 is 0 Å². The Morgan fingerprint density at radius 2 is 2.16 bits per heavy atom. The SMILES string of the molecule is COc1nc(Nc2ccc(C#N)cc2Br)ccc1N. The van der Waals surface area contributed by atoms with E-state index in [1.54, 1.807) is 30.3 Å². The van der Waals surface area contributed by atoms with E-state index in [1.165, 1.54) is 7.11 Å². The van der Waals surface area contributed by atoms with Crippen molar-refractivity contribution in [3.8, 4) is 11.9 Å². The maximum Gasteiger partial charge on any atom is 0.238 e. The third kappa shape index (κ3) is 2.95. The molecule has 6 heteroatoms. The molecule has 0 fully saturated rings. The molecule has 0 bridgehead atoms. The molecule has 0 unspecified atom stereocenters. The average molecular weight is 319 g/mol.